The van der Waals surface area contributed by atoms with Crippen LogP contribution in [0.3, 0.4) is 0 Å². The molecule has 3 aromatic rings. The molecular formula is C25H28N4O2. The number of carbonyl (C=O) groups is 2. The molecule has 0 bridgehead atoms. The second-order valence-corrected chi connectivity index (χ2v) is 8.27. The van der Waals surface area contributed by atoms with E-state index < -0.39 is 0 Å². The zero-order chi connectivity index (χ0) is 21.8. The number of nitrogens with one attached hydrogen (secondary N) is 1. The number of ketones is 1. The van der Waals surface area contributed by atoms with Gasteiger partial charge in [-0.05, 0) is 50.5 Å². The normalized spacial score (nSPS) is 13.4. The van der Waals surface area contributed by atoms with Gasteiger partial charge in [0.1, 0.15) is 5.82 Å². The Morgan fingerprint density at radius 3 is 2.74 bits per heavy atom. The van der Waals surface area contributed by atoms with Crippen LogP contribution in [0.1, 0.15) is 59.4 Å². The second kappa shape index (κ2) is 9.25. The van der Waals surface area contributed by atoms with Crippen LogP contribution in [-0.2, 0) is 17.8 Å². The topological polar surface area (TPSA) is 76.9 Å². The maximum absolute atomic E-state index is 12.6. The Hall–Kier alpha value is -3.28. The van der Waals surface area contributed by atoms with Gasteiger partial charge in [-0.3, -0.25) is 9.59 Å². The van der Waals surface area contributed by atoms with E-state index in [4.69, 9.17) is 0 Å². The summed E-state index contributed by atoms with van der Waals surface area (Å²) in [5.74, 6) is 1.71. The number of aromatic nitrogens is 3. The third-order valence-electron chi connectivity index (χ3n) is 5.79. The van der Waals surface area contributed by atoms with E-state index in [1.165, 1.54) is 6.42 Å². The monoisotopic (exact) mass is 416 g/mol. The van der Waals surface area contributed by atoms with Crippen molar-refractivity contribution in [3.63, 3.8) is 0 Å². The van der Waals surface area contributed by atoms with E-state index in [1.54, 1.807) is 0 Å². The Kier molecular flexibility index (Phi) is 6.26. The fourth-order valence-corrected chi connectivity index (χ4v) is 4.06. The van der Waals surface area contributed by atoms with E-state index >= 15 is 0 Å². The molecule has 1 aliphatic rings. The molecule has 4 rings (SSSR count). The van der Waals surface area contributed by atoms with Crippen LogP contribution in [0.15, 0.2) is 42.5 Å². The molecule has 6 heteroatoms. The van der Waals surface area contributed by atoms with Crippen molar-refractivity contribution < 1.29 is 9.59 Å². The lowest BCUT2D eigenvalue weighted by molar-refractivity contribution is -0.116. The van der Waals surface area contributed by atoms with Gasteiger partial charge < -0.3 is 9.88 Å². The standard InChI is InChI=1S/C25H28N4O2/c1-17-10-11-18(2)21(15-17)22(30)12-13-24(31)26-20-8-6-7-19(16-20)25-28-27-23-9-4-3-5-14-29(23)25/h6-8,10-11,15-16H,3-5,9,12-14H2,1-2H3,(H,26,31). The minimum Gasteiger partial charge on any atom is -0.326 e. The minimum absolute atomic E-state index is 0.00347. The summed E-state index contributed by atoms with van der Waals surface area (Å²) in [6, 6.07) is 13.5. The highest BCUT2D eigenvalue weighted by Gasteiger charge is 2.17. The molecule has 0 radical (unpaired) electrons. The van der Waals surface area contributed by atoms with Gasteiger partial charge >= 0.3 is 0 Å². The molecular weight excluding hydrogens is 388 g/mol. The second-order valence-electron chi connectivity index (χ2n) is 8.27. The molecule has 1 aromatic heterocycles. The van der Waals surface area contributed by atoms with Crippen molar-refractivity contribution in [1.82, 2.24) is 14.8 Å². The summed E-state index contributed by atoms with van der Waals surface area (Å²) in [7, 11) is 0. The summed E-state index contributed by atoms with van der Waals surface area (Å²) in [6.45, 7) is 4.81. The summed E-state index contributed by atoms with van der Waals surface area (Å²) in [4.78, 5) is 25.0. The summed E-state index contributed by atoms with van der Waals surface area (Å²) >= 11 is 0. The molecule has 0 fully saturated rings. The summed E-state index contributed by atoms with van der Waals surface area (Å²) < 4.78 is 2.19. The van der Waals surface area contributed by atoms with Gasteiger partial charge in [-0.15, -0.1) is 10.2 Å². The van der Waals surface area contributed by atoms with Gasteiger partial charge in [0.05, 0.1) is 0 Å². The van der Waals surface area contributed by atoms with Crippen molar-refractivity contribution in [2.45, 2.75) is 58.9 Å². The first kappa shape index (κ1) is 21.0. The first-order valence-corrected chi connectivity index (χ1v) is 10.9. The molecule has 0 unspecified atom stereocenters. The third kappa shape index (κ3) is 4.90. The van der Waals surface area contributed by atoms with Crippen LogP contribution in [0.2, 0.25) is 0 Å². The van der Waals surface area contributed by atoms with Crippen molar-refractivity contribution in [1.29, 1.82) is 0 Å². The Morgan fingerprint density at radius 2 is 1.87 bits per heavy atom. The Labute approximate surface area is 182 Å². The highest BCUT2D eigenvalue weighted by atomic mass is 16.2. The van der Waals surface area contributed by atoms with E-state index in [-0.39, 0.29) is 24.5 Å². The van der Waals surface area contributed by atoms with Gasteiger partial charge in [-0.25, -0.2) is 0 Å². The zero-order valence-electron chi connectivity index (χ0n) is 18.1. The molecule has 160 valence electrons. The Bertz CT molecular complexity index is 1120. The minimum atomic E-state index is -0.170. The van der Waals surface area contributed by atoms with Crippen LogP contribution in [-0.4, -0.2) is 26.5 Å². The maximum Gasteiger partial charge on any atom is 0.224 e. The number of rotatable bonds is 6. The van der Waals surface area contributed by atoms with Crippen LogP contribution in [0.25, 0.3) is 11.4 Å². The van der Waals surface area contributed by atoms with E-state index in [0.29, 0.717) is 11.3 Å². The summed E-state index contributed by atoms with van der Waals surface area (Å²) in [5.41, 5.74) is 4.32. The number of Topliss-reactive ketones (excluding diaryl/α,β-unsaturated/α-hetero) is 1. The Morgan fingerprint density at radius 1 is 1.00 bits per heavy atom. The zero-order valence-corrected chi connectivity index (χ0v) is 18.1. The lowest BCUT2D eigenvalue weighted by Crippen LogP contribution is -2.14. The number of hydrogen-bond acceptors (Lipinski definition) is 4. The predicted octanol–water partition coefficient (Wildman–Crippen LogP) is 4.89. The molecule has 1 N–H and O–H groups in total. The first-order chi connectivity index (χ1) is 15.0. The molecule has 2 heterocycles. The lowest BCUT2D eigenvalue weighted by atomic mass is 9.99. The number of hydrogen-bond donors (Lipinski definition) is 1. The number of benzene rings is 2. The molecule has 1 amide bonds. The van der Waals surface area contributed by atoms with Gasteiger partial charge in [0, 0.05) is 42.6 Å². The first-order valence-electron chi connectivity index (χ1n) is 10.9. The molecule has 0 saturated carbocycles. The van der Waals surface area contributed by atoms with E-state index in [2.05, 4.69) is 20.1 Å². The van der Waals surface area contributed by atoms with Crippen molar-refractivity contribution in [3.05, 3.63) is 65.0 Å². The highest BCUT2D eigenvalue weighted by molar-refractivity contribution is 6.01. The number of amides is 1. The molecule has 0 atom stereocenters. The number of carbonyl (C=O) groups excluding carboxylic acids is 2. The smallest absolute Gasteiger partial charge is 0.224 e. The summed E-state index contributed by atoms with van der Waals surface area (Å²) in [5, 5.41) is 11.7. The highest BCUT2D eigenvalue weighted by Crippen LogP contribution is 2.25. The fraction of sp³-hybridized carbons (Fsp3) is 0.360. The SMILES string of the molecule is Cc1ccc(C)c(C(=O)CCC(=O)Nc2cccc(-c3nnc4n3CCCCC4)c2)c1. The molecule has 1 aliphatic heterocycles. The van der Waals surface area contributed by atoms with Crippen molar-refractivity contribution in [3.8, 4) is 11.4 Å². The van der Waals surface area contributed by atoms with E-state index in [9.17, 15) is 9.59 Å². The van der Waals surface area contributed by atoms with Crippen LogP contribution in [0, 0.1) is 13.8 Å². The van der Waals surface area contributed by atoms with Gasteiger partial charge in [-0.2, -0.15) is 0 Å². The lowest BCUT2D eigenvalue weighted by Gasteiger charge is -2.10. The predicted molar refractivity (Wildman–Crippen MR) is 121 cm³/mol. The van der Waals surface area contributed by atoms with Crippen LogP contribution >= 0.6 is 0 Å². The third-order valence-corrected chi connectivity index (χ3v) is 5.79. The number of aryl methyl sites for hydroxylation is 3. The van der Waals surface area contributed by atoms with Gasteiger partial charge in [0.15, 0.2) is 11.6 Å². The van der Waals surface area contributed by atoms with E-state index in [0.717, 1.165) is 54.1 Å². The van der Waals surface area contributed by atoms with Crippen molar-refractivity contribution in [2.75, 3.05) is 5.32 Å². The van der Waals surface area contributed by atoms with Crippen LogP contribution < -0.4 is 5.32 Å². The molecule has 31 heavy (non-hydrogen) atoms. The average Bonchev–Trinajstić information content (AvgIpc) is 3.02. The largest absolute Gasteiger partial charge is 0.326 e. The Balaban J connectivity index is 1.41. The molecule has 0 aliphatic carbocycles. The number of nitrogens with zero attached hydrogens (tertiary/aromatic N) is 3. The van der Waals surface area contributed by atoms with Gasteiger partial charge in [-0.1, -0.05) is 36.2 Å². The average molecular weight is 417 g/mol. The molecule has 0 spiro atoms. The van der Waals surface area contributed by atoms with Gasteiger partial charge in [0.25, 0.3) is 0 Å². The number of fused-ring (bicyclic) bond motifs is 1. The quantitative estimate of drug-likeness (QED) is 0.581. The van der Waals surface area contributed by atoms with Crippen molar-refractivity contribution in [2.24, 2.45) is 0 Å². The molecule has 0 saturated heterocycles. The van der Waals surface area contributed by atoms with E-state index in [1.807, 2.05) is 56.3 Å². The number of anilines is 1. The molecule has 2 aromatic carbocycles. The van der Waals surface area contributed by atoms with Crippen molar-refractivity contribution >= 4 is 17.4 Å². The maximum atomic E-state index is 12.6. The molecule has 6 nitrogen and oxygen atoms in total. The summed E-state index contributed by atoms with van der Waals surface area (Å²) in [6.07, 6.45) is 4.78. The van der Waals surface area contributed by atoms with Crippen LogP contribution in [0.5, 0.6) is 0 Å². The fourth-order valence-electron chi connectivity index (χ4n) is 4.06. The van der Waals surface area contributed by atoms with Gasteiger partial charge in [0.2, 0.25) is 5.91 Å². The van der Waals surface area contributed by atoms with Crippen LogP contribution in [0.4, 0.5) is 5.69 Å².